The van der Waals surface area contributed by atoms with E-state index in [0.717, 1.165) is 27.3 Å². The van der Waals surface area contributed by atoms with E-state index in [1.165, 1.54) is 4.90 Å². The Balaban J connectivity index is 2.44. The van der Waals surface area contributed by atoms with Crippen LogP contribution in [0.2, 0.25) is 0 Å². The molecule has 1 unspecified atom stereocenters. The fourth-order valence-electron chi connectivity index (χ4n) is 3.63. The minimum absolute atomic E-state index is 0.0811. The van der Waals surface area contributed by atoms with E-state index < -0.39 is 22.0 Å². The van der Waals surface area contributed by atoms with E-state index in [2.05, 4.69) is 5.32 Å². The van der Waals surface area contributed by atoms with Gasteiger partial charge in [0.05, 0.1) is 11.9 Å². The van der Waals surface area contributed by atoms with Gasteiger partial charge >= 0.3 is 0 Å². The van der Waals surface area contributed by atoms with Crippen molar-refractivity contribution < 1.29 is 18.0 Å². The molecule has 0 heterocycles. The minimum atomic E-state index is -3.73. The van der Waals surface area contributed by atoms with Crippen molar-refractivity contribution in [3.05, 3.63) is 65.2 Å². The van der Waals surface area contributed by atoms with Crippen LogP contribution in [0.25, 0.3) is 0 Å². The summed E-state index contributed by atoms with van der Waals surface area (Å²) in [4.78, 5) is 28.0. The summed E-state index contributed by atoms with van der Waals surface area (Å²) >= 11 is 0. The maximum atomic E-state index is 13.6. The molecule has 1 N–H and O–H groups in total. The van der Waals surface area contributed by atoms with Gasteiger partial charge < -0.3 is 10.2 Å². The summed E-state index contributed by atoms with van der Waals surface area (Å²) in [6, 6.07) is 13.9. The average Bonchev–Trinajstić information content (AvgIpc) is 2.72. The second-order valence-corrected chi connectivity index (χ2v) is 10.6. The topological polar surface area (TPSA) is 86.8 Å². The molecule has 0 aromatic heterocycles. The van der Waals surface area contributed by atoms with Crippen LogP contribution in [-0.4, -0.2) is 50.0 Å². The third kappa shape index (κ3) is 7.32. The van der Waals surface area contributed by atoms with Crippen molar-refractivity contribution in [3.63, 3.8) is 0 Å². The number of para-hydroxylation sites is 1. The Bertz CT molecular complexity index is 1070. The highest BCUT2D eigenvalue weighted by Crippen LogP contribution is 2.23. The van der Waals surface area contributed by atoms with Gasteiger partial charge in [0.2, 0.25) is 21.8 Å². The number of sulfonamides is 1. The standard InChI is InChI=1S/C25H35N3O4S/c1-7-22(25(30)26-18(2)3)27(16-21-14-12-19(4)13-15-21)24(29)17-28(33(6,31)32)23-11-9-8-10-20(23)5/h8-15,18,22H,7,16-17H2,1-6H3,(H,26,30). The third-order valence-electron chi connectivity index (χ3n) is 5.35. The number of nitrogens with zero attached hydrogens (tertiary/aromatic N) is 2. The van der Waals surface area contributed by atoms with Crippen molar-refractivity contribution in [3.8, 4) is 0 Å². The van der Waals surface area contributed by atoms with Gasteiger partial charge in [0, 0.05) is 12.6 Å². The summed E-state index contributed by atoms with van der Waals surface area (Å²) in [7, 11) is -3.73. The molecule has 0 aliphatic rings. The molecule has 1 atom stereocenters. The molecule has 33 heavy (non-hydrogen) atoms. The number of rotatable bonds is 10. The highest BCUT2D eigenvalue weighted by Gasteiger charge is 2.32. The van der Waals surface area contributed by atoms with Crippen LogP contribution in [0.3, 0.4) is 0 Å². The van der Waals surface area contributed by atoms with Crippen LogP contribution in [0.15, 0.2) is 48.5 Å². The van der Waals surface area contributed by atoms with Crippen molar-refractivity contribution in [1.29, 1.82) is 0 Å². The number of carbonyl (C=O) groups excluding carboxylic acids is 2. The largest absolute Gasteiger partial charge is 0.352 e. The van der Waals surface area contributed by atoms with E-state index in [0.29, 0.717) is 12.1 Å². The van der Waals surface area contributed by atoms with Gasteiger partial charge in [-0.05, 0) is 51.3 Å². The van der Waals surface area contributed by atoms with Gasteiger partial charge in [0.15, 0.2) is 0 Å². The van der Waals surface area contributed by atoms with E-state index in [1.54, 1.807) is 25.1 Å². The summed E-state index contributed by atoms with van der Waals surface area (Å²) in [5.74, 6) is -0.690. The van der Waals surface area contributed by atoms with Gasteiger partial charge in [-0.15, -0.1) is 0 Å². The van der Waals surface area contributed by atoms with Crippen molar-refractivity contribution in [1.82, 2.24) is 10.2 Å². The first kappa shape index (κ1) is 26.4. The molecule has 0 radical (unpaired) electrons. The van der Waals surface area contributed by atoms with Gasteiger partial charge in [-0.1, -0.05) is 55.0 Å². The number of anilines is 1. The van der Waals surface area contributed by atoms with E-state index in [-0.39, 0.29) is 25.0 Å². The van der Waals surface area contributed by atoms with Crippen molar-refractivity contribution in [2.75, 3.05) is 17.1 Å². The zero-order chi connectivity index (χ0) is 24.8. The number of aryl methyl sites for hydroxylation is 2. The highest BCUT2D eigenvalue weighted by atomic mass is 32.2. The summed E-state index contributed by atoms with van der Waals surface area (Å²) in [5.41, 5.74) is 3.14. The molecule has 0 aliphatic heterocycles. The molecule has 0 fully saturated rings. The van der Waals surface area contributed by atoms with Crippen LogP contribution in [0.5, 0.6) is 0 Å². The molecule has 2 rings (SSSR count). The van der Waals surface area contributed by atoms with Gasteiger partial charge in [-0.25, -0.2) is 8.42 Å². The van der Waals surface area contributed by atoms with Crippen LogP contribution in [-0.2, 0) is 26.2 Å². The Morgan fingerprint density at radius 1 is 1.00 bits per heavy atom. The molecule has 0 saturated carbocycles. The number of carbonyl (C=O) groups is 2. The summed E-state index contributed by atoms with van der Waals surface area (Å²) in [6.07, 6.45) is 1.49. The maximum Gasteiger partial charge on any atom is 0.244 e. The van der Waals surface area contributed by atoms with Crippen LogP contribution >= 0.6 is 0 Å². The molecule has 8 heteroatoms. The monoisotopic (exact) mass is 473 g/mol. The van der Waals surface area contributed by atoms with Crippen LogP contribution < -0.4 is 9.62 Å². The Morgan fingerprint density at radius 3 is 2.12 bits per heavy atom. The van der Waals surface area contributed by atoms with Crippen molar-refractivity contribution in [2.45, 2.75) is 59.7 Å². The number of hydrogen-bond acceptors (Lipinski definition) is 4. The highest BCUT2D eigenvalue weighted by molar-refractivity contribution is 7.92. The molecule has 2 aromatic carbocycles. The van der Waals surface area contributed by atoms with Gasteiger partial charge in [-0.3, -0.25) is 13.9 Å². The normalized spacial score (nSPS) is 12.3. The first-order valence-electron chi connectivity index (χ1n) is 11.1. The predicted molar refractivity (Wildman–Crippen MR) is 132 cm³/mol. The Labute approximate surface area is 197 Å². The number of hydrogen-bond donors (Lipinski definition) is 1. The smallest absolute Gasteiger partial charge is 0.244 e. The lowest BCUT2D eigenvalue weighted by Crippen LogP contribution is -2.53. The second-order valence-electron chi connectivity index (χ2n) is 8.65. The Hall–Kier alpha value is -2.87. The fraction of sp³-hybridized carbons (Fsp3) is 0.440. The molecule has 180 valence electrons. The zero-order valence-corrected chi connectivity index (χ0v) is 21.1. The fourth-order valence-corrected chi connectivity index (χ4v) is 4.54. The predicted octanol–water partition coefficient (Wildman–Crippen LogP) is 3.40. The molecule has 2 aromatic rings. The number of benzene rings is 2. The minimum Gasteiger partial charge on any atom is -0.352 e. The molecular weight excluding hydrogens is 438 g/mol. The summed E-state index contributed by atoms with van der Waals surface area (Å²) in [6.45, 7) is 9.16. The molecule has 2 amide bonds. The first-order chi connectivity index (χ1) is 15.4. The van der Waals surface area contributed by atoms with Gasteiger partial charge in [-0.2, -0.15) is 0 Å². The van der Waals surface area contributed by atoms with Gasteiger partial charge in [0.1, 0.15) is 12.6 Å². The van der Waals surface area contributed by atoms with Crippen LogP contribution in [0.1, 0.15) is 43.9 Å². The molecular formula is C25H35N3O4S. The third-order valence-corrected chi connectivity index (χ3v) is 6.48. The Kier molecular flexibility index (Phi) is 9.05. The van der Waals surface area contributed by atoms with E-state index in [1.807, 2.05) is 58.0 Å². The number of nitrogens with one attached hydrogen (secondary N) is 1. The molecule has 0 spiro atoms. The Morgan fingerprint density at radius 2 is 1.61 bits per heavy atom. The lowest BCUT2D eigenvalue weighted by atomic mass is 10.1. The quantitative estimate of drug-likeness (QED) is 0.573. The second kappa shape index (κ2) is 11.3. The van der Waals surface area contributed by atoms with E-state index in [4.69, 9.17) is 0 Å². The van der Waals surface area contributed by atoms with E-state index >= 15 is 0 Å². The SMILES string of the molecule is CCC(C(=O)NC(C)C)N(Cc1ccc(C)cc1)C(=O)CN(c1ccccc1C)S(C)(=O)=O. The lowest BCUT2D eigenvalue weighted by Gasteiger charge is -2.33. The molecule has 0 bridgehead atoms. The molecule has 0 saturated heterocycles. The molecule has 0 aliphatic carbocycles. The summed E-state index contributed by atoms with van der Waals surface area (Å²) in [5, 5.41) is 2.88. The lowest BCUT2D eigenvalue weighted by molar-refractivity contribution is -0.140. The van der Waals surface area contributed by atoms with Crippen LogP contribution in [0.4, 0.5) is 5.69 Å². The van der Waals surface area contributed by atoms with Gasteiger partial charge in [0.25, 0.3) is 0 Å². The van der Waals surface area contributed by atoms with Crippen molar-refractivity contribution in [2.24, 2.45) is 0 Å². The zero-order valence-electron chi connectivity index (χ0n) is 20.3. The average molecular weight is 474 g/mol. The number of amides is 2. The van der Waals surface area contributed by atoms with Crippen molar-refractivity contribution >= 4 is 27.5 Å². The molecule has 7 nitrogen and oxygen atoms in total. The summed E-state index contributed by atoms with van der Waals surface area (Å²) < 4.78 is 26.4. The maximum absolute atomic E-state index is 13.6. The first-order valence-corrected chi connectivity index (χ1v) is 13.0. The van der Waals surface area contributed by atoms with Crippen LogP contribution in [0, 0.1) is 13.8 Å². The van der Waals surface area contributed by atoms with E-state index in [9.17, 15) is 18.0 Å².